The molecule has 1 atom stereocenters. The van der Waals surface area contributed by atoms with E-state index in [9.17, 15) is 4.79 Å². The number of aryl methyl sites for hydroxylation is 1. The van der Waals surface area contributed by atoms with Crippen molar-refractivity contribution in [3.05, 3.63) is 63.7 Å². The molecule has 6 heteroatoms. The Bertz CT molecular complexity index is 1090. The molecule has 1 fully saturated rings. The number of piperidine rings is 1. The largest absolute Gasteiger partial charge is 0.456 e. The van der Waals surface area contributed by atoms with E-state index in [-0.39, 0.29) is 5.56 Å². The van der Waals surface area contributed by atoms with E-state index in [0.29, 0.717) is 45.9 Å². The first-order valence-electron chi connectivity index (χ1n) is 10.6. The van der Waals surface area contributed by atoms with Gasteiger partial charge in [0.1, 0.15) is 22.7 Å². The first kappa shape index (κ1) is 20.9. The molecule has 1 saturated heterocycles. The zero-order valence-corrected chi connectivity index (χ0v) is 18.5. The summed E-state index contributed by atoms with van der Waals surface area (Å²) in [6, 6.07) is 13.2. The van der Waals surface area contributed by atoms with E-state index < -0.39 is 0 Å². The van der Waals surface area contributed by atoms with Gasteiger partial charge in [-0.1, -0.05) is 17.7 Å². The lowest BCUT2D eigenvalue weighted by molar-refractivity contribution is 0.129. The highest BCUT2D eigenvalue weighted by Crippen LogP contribution is 2.28. The number of aromatic nitrogens is 2. The summed E-state index contributed by atoms with van der Waals surface area (Å²) in [6.45, 7) is 9.22. The molecule has 0 aliphatic carbocycles. The van der Waals surface area contributed by atoms with Crippen LogP contribution < -0.4 is 10.3 Å². The summed E-state index contributed by atoms with van der Waals surface area (Å²) < 4.78 is 7.87. The average molecular weight is 426 g/mol. The summed E-state index contributed by atoms with van der Waals surface area (Å²) in [5.74, 6) is 2.35. The lowest BCUT2D eigenvalue weighted by Crippen LogP contribution is -2.42. The molecule has 0 bridgehead atoms. The number of likely N-dealkylation sites (tertiary alicyclic amines) is 1. The van der Waals surface area contributed by atoms with E-state index >= 15 is 0 Å². The molecule has 3 aromatic rings. The summed E-state index contributed by atoms with van der Waals surface area (Å²) >= 11 is 5.97. The van der Waals surface area contributed by atoms with Crippen LogP contribution in [0.5, 0.6) is 11.5 Å². The maximum absolute atomic E-state index is 13.5. The Balaban J connectivity index is 1.69. The molecule has 5 nitrogen and oxygen atoms in total. The van der Waals surface area contributed by atoms with Crippen LogP contribution in [0.4, 0.5) is 0 Å². The third-order valence-corrected chi connectivity index (χ3v) is 6.15. The molecular formula is C24H28ClN3O2. The maximum atomic E-state index is 13.5. The van der Waals surface area contributed by atoms with Gasteiger partial charge in [-0.05, 0) is 82.5 Å². The number of fused-ring (bicyclic) bond motifs is 1. The van der Waals surface area contributed by atoms with Crippen molar-refractivity contribution in [2.45, 2.75) is 46.2 Å². The number of halogens is 1. The Labute approximate surface area is 182 Å². The SMILES string of the molecule is Cc1nc2cccc(Oc3ccc(Cl)cc3)c2c(=O)n1C[C@H]1CCCN(C(C)C)C1. The van der Waals surface area contributed by atoms with Crippen LogP contribution in [0.25, 0.3) is 10.9 Å². The monoisotopic (exact) mass is 425 g/mol. The maximum Gasteiger partial charge on any atom is 0.265 e. The van der Waals surface area contributed by atoms with Crippen molar-refractivity contribution in [2.75, 3.05) is 13.1 Å². The highest BCUT2D eigenvalue weighted by molar-refractivity contribution is 6.30. The molecule has 1 aliphatic heterocycles. The fourth-order valence-corrected chi connectivity index (χ4v) is 4.37. The van der Waals surface area contributed by atoms with E-state index in [4.69, 9.17) is 21.3 Å². The molecule has 0 amide bonds. The molecule has 30 heavy (non-hydrogen) atoms. The van der Waals surface area contributed by atoms with Crippen LogP contribution >= 0.6 is 11.6 Å². The highest BCUT2D eigenvalue weighted by atomic mass is 35.5. The molecule has 1 aromatic heterocycles. The number of hydrogen-bond donors (Lipinski definition) is 0. The summed E-state index contributed by atoms with van der Waals surface area (Å²) in [6.07, 6.45) is 2.30. The Morgan fingerprint density at radius 2 is 1.97 bits per heavy atom. The van der Waals surface area contributed by atoms with Gasteiger partial charge in [0, 0.05) is 24.2 Å². The van der Waals surface area contributed by atoms with Crippen LogP contribution in [0.2, 0.25) is 5.02 Å². The predicted octanol–water partition coefficient (Wildman–Crippen LogP) is 5.27. The van der Waals surface area contributed by atoms with Crippen LogP contribution in [-0.4, -0.2) is 33.6 Å². The van der Waals surface area contributed by atoms with E-state index in [2.05, 4.69) is 18.7 Å². The Morgan fingerprint density at radius 3 is 2.70 bits per heavy atom. The van der Waals surface area contributed by atoms with Crippen molar-refractivity contribution in [1.82, 2.24) is 14.5 Å². The summed E-state index contributed by atoms with van der Waals surface area (Å²) in [7, 11) is 0. The molecule has 0 unspecified atom stereocenters. The topological polar surface area (TPSA) is 47.4 Å². The second-order valence-electron chi connectivity index (χ2n) is 8.38. The quantitative estimate of drug-likeness (QED) is 0.558. The number of rotatable bonds is 5. The third kappa shape index (κ3) is 4.37. The van der Waals surface area contributed by atoms with Crippen molar-refractivity contribution in [1.29, 1.82) is 0 Å². The zero-order chi connectivity index (χ0) is 21.3. The minimum Gasteiger partial charge on any atom is -0.456 e. The number of benzene rings is 2. The highest BCUT2D eigenvalue weighted by Gasteiger charge is 2.23. The van der Waals surface area contributed by atoms with E-state index in [1.807, 2.05) is 29.7 Å². The smallest absolute Gasteiger partial charge is 0.265 e. The predicted molar refractivity (Wildman–Crippen MR) is 122 cm³/mol. The van der Waals surface area contributed by atoms with Crippen LogP contribution in [-0.2, 0) is 6.54 Å². The van der Waals surface area contributed by atoms with Gasteiger partial charge in [0.2, 0.25) is 0 Å². The zero-order valence-electron chi connectivity index (χ0n) is 17.8. The lowest BCUT2D eigenvalue weighted by Gasteiger charge is -2.35. The molecule has 0 radical (unpaired) electrons. The van der Waals surface area contributed by atoms with Crippen LogP contribution in [0.15, 0.2) is 47.3 Å². The van der Waals surface area contributed by atoms with Crippen molar-refractivity contribution < 1.29 is 4.74 Å². The van der Waals surface area contributed by atoms with E-state index in [1.165, 1.54) is 6.42 Å². The van der Waals surface area contributed by atoms with Crippen molar-refractivity contribution in [3.8, 4) is 11.5 Å². The van der Waals surface area contributed by atoms with Gasteiger partial charge in [-0.2, -0.15) is 0 Å². The molecule has 0 spiro atoms. The standard InChI is InChI=1S/C24H28ClN3O2/c1-16(2)27-13-5-6-18(14-27)15-28-17(3)26-21-7-4-8-22(23(21)24(28)29)30-20-11-9-19(25)10-12-20/h4,7-12,16,18H,5-6,13-15H2,1-3H3/t18-/m0/s1. The van der Waals surface area contributed by atoms with Gasteiger partial charge in [-0.25, -0.2) is 4.98 Å². The Hall–Kier alpha value is -2.37. The molecule has 158 valence electrons. The molecule has 0 N–H and O–H groups in total. The Morgan fingerprint density at radius 1 is 1.20 bits per heavy atom. The molecule has 4 rings (SSSR count). The minimum absolute atomic E-state index is 0.0382. The van der Waals surface area contributed by atoms with E-state index in [0.717, 1.165) is 25.3 Å². The first-order chi connectivity index (χ1) is 14.4. The van der Waals surface area contributed by atoms with Gasteiger partial charge in [0.05, 0.1) is 5.52 Å². The molecule has 2 aromatic carbocycles. The van der Waals surface area contributed by atoms with Gasteiger partial charge < -0.3 is 9.64 Å². The van der Waals surface area contributed by atoms with Crippen LogP contribution in [0, 0.1) is 12.8 Å². The molecule has 2 heterocycles. The van der Waals surface area contributed by atoms with Gasteiger partial charge >= 0.3 is 0 Å². The number of hydrogen-bond acceptors (Lipinski definition) is 4. The second-order valence-corrected chi connectivity index (χ2v) is 8.81. The lowest BCUT2D eigenvalue weighted by atomic mass is 9.96. The first-order valence-corrected chi connectivity index (χ1v) is 11.0. The van der Waals surface area contributed by atoms with Crippen molar-refractivity contribution >= 4 is 22.5 Å². The minimum atomic E-state index is -0.0382. The van der Waals surface area contributed by atoms with Gasteiger partial charge in [-0.15, -0.1) is 0 Å². The number of ether oxygens (including phenoxy) is 1. The Kier molecular flexibility index (Phi) is 6.11. The van der Waals surface area contributed by atoms with Crippen molar-refractivity contribution in [2.24, 2.45) is 5.92 Å². The second kappa shape index (κ2) is 8.78. The fraction of sp³-hybridized carbons (Fsp3) is 0.417. The summed E-state index contributed by atoms with van der Waals surface area (Å²) in [4.78, 5) is 20.7. The fourth-order valence-electron chi connectivity index (χ4n) is 4.25. The van der Waals surface area contributed by atoms with Crippen LogP contribution in [0.1, 0.15) is 32.5 Å². The van der Waals surface area contributed by atoms with Gasteiger partial charge in [-0.3, -0.25) is 9.36 Å². The van der Waals surface area contributed by atoms with Crippen LogP contribution in [0.3, 0.4) is 0 Å². The van der Waals surface area contributed by atoms with Crippen molar-refractivity contribution in [3.63, 3.8) is 0 Å². The average Bonchev–Trinajstić information content (AvgIpc) is 2.73. The molecule has 1 aliphatic rings. The normalized spacial score (nSPS) is 17.6. The van der Waals surface area contributed by atoms with Gasteiger partial charge in [0.25, 0.3) is 5.56 Å². The summed E-state index contributed by atoms with van der Waals surface area (Å²) in [5.41, 5.74) is 0.622. The molecular weight excluding hydrogens is 398 g/mol. The van der Waals surface area contributed by atoms with E-state index in [1.54, 1.807) is 24.3 Å². The van der Waals surface area contributed by atoms with Gasteiger partial charge in [0.15, 0.2) is 0 Å². The number of nitrogens with zero attached hydrogens (tertiary/aromatic N) is 3. The third-order valence-electron chi connectivity index (χ3n) is 5.90. The summed E-state index contributed by atoms with van der Waals surface area (Å²) in [5, 5.41) is 1.16. The molecule has 0 saturated carbocycles.